The summed E-state index contributed by atoms with van der Waals surface area (Å²) in [6.07, 6.45) is 2.78. The lowest BCUT2D eigenvalue weighted by atomic mass is 10.4. The third-order valence-electron chi connectivity index (χ3n) is 2.00. The van der Waals surface area contributed by atoms with E-state index in [4.69, 9.17) is 5.73 Å². The number of pyridine rings is 2. The molecule has 0 bridgehead atoms. The van der Waals surface area contributed by atoms with Crippen LogP contribution in [0.2, 0.25) is 0 Å². The van der Waals surface area contributed by atoms with Crippen LogP contribution in [0.15, 0.2) is 46.2 Å². The molecular weight excluding hydrogens is 320 g/mol. The number of rotatable bonds is 3. The second kappa shape index (κ2) is 4.91. The molecule has 94 valence electrons. The van der Waals surface area contributed by atoms with Gasteiger partial charge in [0.15, 0.2) is 5.03 Å². The second-order valence-corrected chi connectivity index (χ2v) is 5.94. The van der Waals surface area contributed by atoms with E-state index in [9.17, 15) is 8.42 Å². The topological polar surface area (TPSA) is 98.0 Å². The van der Waals surface area contributed by atoms with E-state index in [-0.39, 0.29) is 10.8 Å². The monoisotopic (exact) mass is 328 g/mol. The van der Waals surface area contributed by atoms with Crippen molar-refractivity contribution in [3.63, 3.8) is 0 Å². The molecule has 0 atom stereocenters. The molecular formula is C10H9BrN4O2S. The molecule has 0 aromatic carbocycles. The van der Waals surface area contributed by atoms with Gasteiger partial charge in [0.25, 0.3) is 10.0 Å². The van der Waals surface area contributed by atoms with Crippen molar-refractivity contribution in [1.82, 2.24) is 9.97 Å². The highest BCUT2D eigenvalue weighted by Gasteiger charge is 2.15. The summed E-state index contributed by atoms with van der Waals surface area (Å²) in [5.74, 6) is 0.219. The molecule has 8 heteroatoms. The van der Waals surface area contributed by atoms with Crippen LogP contribution in [0.25, 0.3) is 0 Å². The fourth-order valence-corrected chi connectivity index (χ4v) is 2.35. The van der Waals surface area contributed by atoms with E-state index in [1.807, 2.05) is 0 Å². The Morgan fingerprint density at radius 2 is 1.89 bits per heavy atom. The summed E-state index contributed by atoms with van der Waals surface area (Å²) >= 11 is 3.21. The van der Waals surface area contributed by atoms with Gasteiger partial charge in [-0.1, -0.05) is 0 Å². The predicted molar refractivity (Wildman–Crippen MR) is 71.4 cm³/mol. The van der Waals surface area contributed by atoms with Gasteiger partial charge >= 0.3 is 0 Å². The average Bonchev–Trinajstić information content (AvgIpc) is 2.32. The average molecular weight is 329 g/mol. The number of hydrogen-bond acceptors (Lipinski definition) is 5. The minimum absolute atomic E-state index is 0.110. The van der Waals surface area contributed by atoms with Crippen LogP contribution >= 0.6 is 15.9 Å². The number of nitrogens with two attached hydrogens (primary N) is 1. The van der Waals surface area contributed by atoms with E-state index in [1.54, 1.807) is 12.1 Å². The smallest absolute Gasteiger partial charge is 0.280 e. The highest BCUT2D eigenvalue weighted by atomic mass is 79.9. The van der Waals surface area contributed by atoms with Crippen molar-refractivity contribution in [3.05, 3.63) is 41.1 Å². The Hall–Kier alpha value is -1.67. The molecule has 0 radical (unpaired) electrons. The van der Waals surface area contributed by atoms with Gasteiger partial charge in [0.2, 0.25) is 0 Å². The van der Waals surface area contributed by atoms with E-state index in [1.165, 1.54) is 24.5 Å². The summed E-state index contributed by atoms with van der Waals surface area (Å²) in [5, 5.41) is -0.110. The number of halogens is 1. The van der Waals surface area contributed by atoms with Crippen LogP contribution in [-0.4, -0.2) is 18.4 Å². The Labute approximate surface area is 112 Å². The lowest BCUT2D eigenvalue weighted by Crippen LogP contribution is -2.15. The molecule has 0 spiro atoms. The fraction of sp³-hybridized carbons (Fsp3) is 0. The highest BCUT2D eigenvalue weighted by Crippen LogP contribution is 2.15. The standard InChI is InChI=1S/C10H9BrN4O2S/c11-7-1-3-9(13-5-7)15-18(16,17)10-4-2-8(12)6-14-10/h1-6H,12H2,(H,13,15). The first-order valence-corrected chi connectivity index (χ1v) is 7.11. The molecule has 0 aliphatic rings. The van der Waals surface area contributed by atoms with Crippen molar-refractivity contribution < 1.29 is 8.42 Å². The van der Waals surface area contributed by atoms with Crippen molar-refractivity contribution in [2.45, 2.75) is 5.03 Å². The molecule has 0 saturated carbocycles. The van der Waals surface area contributed by atoms with Crippen LogP contribution in [0.1, 0.15) is 0 Å². The van der Waals surface area contributed by atoms with Crippen LogP contribution in [0.5, 0.6) is 0 Å². The van der Waals surface area contributed by atoms with Gasteiger partial charge in [-0.05, 0) is 40.2 Å². The second-order valence-electron chi connectivity index (χ2n) is 3.40. The number of sulfonamides is 1. The highest BCUT2D eigenvalue weighted by molar-refractivity contribution is 9.10. The summed E-state index contributed by atoms with van der Waals surface area (Å²) in [4.78, 5) is 7.67. The summed E-state index contributed by atoms with van der Waals surface area (Å²) < 4.78 is 26.9. The van der Waals surface area contributed by atoms with Crippen molar-refractivity contribution in [3.8, 4) is 0 Å². The van der Waals surface area contributed by atoms with Crippen molar-refractivity contribution in [2.24, 2.45) is 0 Å². The van der Waals surface area contributed by atoms with Gasteiger partial charge in [0.1, 0.15) is 5.82 Å². The van der Waals surface area contributed by atoms with Gasteiger partial charge in [-0.25, -0.2) is 9.97 Å². The van der Waals surface area contributed by atoms with Crippen LogP contribution in [-0.2, 0) is 10.0 Å². The minimum Gasteiger partial charge on any atom is -0.397 e. The van der Waals surface area contributed by atoms with Gasteiger partial charge in [0.05, 0.1) is 11.9 Å². The fourth-order valence-electron chi connectivity index (χ4n) is 1.18. The SMILES string of the molecule is Nc1ccc(S(=O)(=O)Nc2ccc(Br)cn2)nc1. The molecule has 0 unspecified atom stereocenters. The number of aromatic nitrogens is 2. The number of nitrogens with one attached hydrogen (secondary N) is 1. The largest absolute Gasteiger partial charge is 0.397 e. The zero-order chi connectivity index (χ0) is 13.2. The van der Waals surface area contributed by atoms with Crippen molar-refractivity contribution in [2.75, 3.05) is 10.5 Å². The maximum atomic E-state index is 11.9. The summed E-state index contributed by atoms with van der Waals surface area (Å²) in [6, 6.07) is 6.02. The lowest BCUT2D eigenvalue weighted by molar-refractivity contribution is 0.597. The van der Waals surface area contributed by atoms with Crippen LogP contribution in [0, 0.1) is 0 Å². The molecule has 2 rings (SSSR count). The Morgan fingerprint density at radius 1 is 1.11 bits per heavy atom. The third kappa shape index (κ3) is 2.96. The summed E-state index contributed by atoms with van der Waals surface area (Å²) in [6.45, 7) is 0. The first kappa shape index (κ1) is 12.8. The summed E-state index contributed by atoms with van der Waals surface area (Å²) in [7, 11) is -3.74. The van der Waals surface area contributed by atoms with Gasteiger partial charge in [-0.2, -0.15) is 8.42 Å². The number of hydrogen-bond donors (Lipinski definition) is 2. The molecule has 2 aromatic rings. The third-order valence-corrected chi connectivity index (χ3v) is 3.74. The number of nitrogen functional groups attached to an aromatic ring is 1. The molecule has 2 heterocycles. The van der Waals surface area contributed by atoms with Crippen molar-refractivity contribution in [1.29, 1.82) is 0 Å². The Balaban J connectivity index is 2.27. The maximum absolute atomic E-state index is 11.9. The van der Waals surface area contributed by atoms with Gasteiger partial charge < -0.3 is 5.73 Å². The van der Waals surface area contributed by atoms with Crippen LogP contribution < -0.4 is 10.5 Å². The molecule has 0 saturated heterocycles. The molecule has 3 N–H and O–H groups in total. The molecule has 0 aliphatic carbocycles. The summed E-state index contributed by atoms with van der Waals surface area (Å²) in [5.41, 5.74) is 5.84. The van der Waals surface area contributed by atoms with E-state index < -0.39 is 10.0 Å². The van der Waals surface area contributed by atoms with Crippen molar-refractivity contribution >= 4 is 37.5 Å². The van der Waals surface area contributed by atoms with E-state index in [2.05, 4.69) is 30.6 Å². The quantitative estimate of drug-likeness (QED) is 0.892. The molecule has 18 heavy (non-hydrogen) atoms. The van der Waals surface area contributed by atoms with Gasteiger partial charge in [0, 0.05) is 10.7 Å². The Morgan fingerprint density at radius 3 is 2.44 bits per heavy atom. The van der Waals surface area contributed by atoms with E-state index in [0.29, 0.717) is 5.69 Å². The molecule has 2 aromatic heterocycles. The first-order valence-electron chi connectivity index (χ1n) is 4.83. The minimum atomic E-state index is -3.74. The van der Waals surface area contributed by atoms with Gasteiger partial charge in [-0.3, -0.25) is 4.72 Å². The van der Waals surface area contributed by atoms with Crippen LogP contribution in [0.4, 0.5) is 11.5 Å². The number of anilines is 2. The maximum Gasteiger partial charge on any atom is 0.280 e. The van der Waals surface area contributed by atoms with E-state index in [0.717, 1.165) is 4.47 Å². The first-order chi connectivity index (χ1) is 8.47. The van der Waals surface area contributed by atoms with Crippen LogP contribution in [0.3, 0.4) is 0 Å². The van der Waals surface area contributed by atoms with Gasteiger partial charge in [-0.15, -0.1) is 0 Å². The molecule has 0 amide bonds. The predicted octanol–water partition coefficient (Wildman–Crippen LogP) is 1.62. The molecule has 0 fully saturated rings. The zero-order valence-electron chi connectivity index (χ0n) is 9.04. The Bertz CT molecular complexity index is 641. The van der Waals surface area contributed by atoms with E-state index >= 15 is 0 Å². The number of nitrogens with zero attached hydrogens (tertiary/aromatic N) is 2. The zero-order valence-corrected chi connectivity index (χ0v) is 11.4. The lowest BCUT2D eigenvalue weighted by Gasteiger charge is -2.06. The molecule has 6 nitrogen and oxygen atoms in total. The normalized spacial score (nSPS) is 11.2. The molecule has 0 aliphatic heterocycles. The Kier molecular flexibility index (Phi) is 3.48.